The number of carboxylic acids is 1. The minimum atomic E-state index is -1.43. The molecule has 0 aliphatic rings. The molecule has 0 fully saturated rings. The van der Waals surface area contributed by atoms with Crippen molar-refractivity contribution < 1.29 is 54.0 Å². The van der Waals surface area contributed by atoms with E-state index < -0.39 is 5.97 Å². The fraction of sp³-hybridized carbons (Fsp3) is 0. The first-order chi connectivity index (χ1) is 2.27. The third kappa shape index (κ3) is 26.4. The molecule has 0 spiro atoms. The number of hydrogen-bond acceptors (Lipinski definition) is 2. The van der Waals surface area contributed by atoms with Crippen molar-refractivity contribution in [3.05, 3.63) is 0 Å². The van der Waals surface area contributed by atoms with E-state index in [1.165, 1.54) is 0 Å². The number of carbonyl (C=O) groups is 2. The molecule has 0 aromatic heterocycles. The zero-order chi connectivity index (χ0) is 4.28. The molecule has 4 nitrogen and oxygen atoms in total. The minimum Gasteiger partial charge on any atom is -1.00 e. The van der Waals surface area contributed by atoms with Gasteiger partial charge >= 0.3 is 73.3 Å². The normalized spacial score (nSPS) is 4.00. The van der Waals surface area contributed by atoms with Gasteiger partial charge in [-0.05, 0) is 0 Å². The molecule has 0 radical (unpaired) electrons. The SMILES string of the molecule is O.O=CC(=O)O.[Ca+2].[H-].[H-].[H-].[Na+]. The predicted molar refractivity (Wildman–Crippen MR) is 26.4 cm³/mol. The molecule has 0 unspecified atom stereocenters. The molecule has 6 heteroatoms. The summed E-state index contributed by atoms with van der Waals surface area (Å²) in [7, 11) is 0. The standard InChI is InChI=1S/C2H2O3.Ca.Na.H2O.3H/c3-1-2(4)5;;;;;;/h1H,(H,4,5);;;1H2;;;/q;+2;+1;;3*-1. The van der Waals surface area contributed by atoms with Crippen LogP contribution in [-0.4, -0.2) is 60.6 Å². The molecular formula is C2H7CaNaO4. The summed E-state index contributed by atoms with van der Waals surface area (Å²) in [4.78, 5) is 17.9. The second-order valence-electron chi connectivity index (χ2n) is 0.456. The average molecular weight is 158 g/mol. The molecule has 3 N–H and O–H groups in total. The van der Waals surface area contributed by atoms with Gasteiger partial charge in [0.05, 0.1) is 0 Å². The largest absolute Gasteiger partial charge is 2.00 e. The van der Waals surface area contributed by atoms with E-state index >= 15 is 0 Å². The summed E-state index contributed by atoms with van der Waals surface area (Å²) in [6.07, 6.45) is -0.167. The van der Waals surface area contributed by atoms with Gasteiger partial charge in [-0.15, -0.1) is 0 Å². The summed E-state index contributed by atoms with van der Waals surface area (Å²) in [6.45, 7) is 0. The summed E-state index contributed by atoms with van der Waals surface area (Å²) in [6, 6.07) is 0. The Labute approximate surface area is 103 Å². The predicted octanol–water partition coefficient (Wildman–Crippen LogP) is -4.59. The second kappa shape index (κ2) is 15.8. The van der Waals surface area contributed by atoms with Gasteiger partial charge in [0.15, 0.2) is 0 Å². The molecule has 0 saturated heterocycles. The summed E-state index contributed by atoms with van der Waals surface area (Å²) < 4.78 is 0. The second-order valence-corrected chi connectivity index (χ2v) is 0.456. The summed E-state index contributed by atoms with van der Waals surface area (Å²) in [5.41, 5.74) is 0. The van der Waals surface area contributed by atoms with Gasteiger partial charge < -0.3 is 14.9 Å². The Balaban J connectivity index is -0.00000000533. The fourth-order valence-electron chi connectivity index (χ4n) is 0. The first-order valence-corrected chi connectivity index (χ1v) is 0.952. The molecule has 42 valence electrons. The number of aldehydes is 1. The van der Waals surface area contributed by atoms with Crippen LogP contribution in [0.15, 0.2) is 0 Å². The van der Waals surface area contributed by atoms with E-state index in [2.05, 4.69) is 0 Å². The number of hydrogen-bond donors (Lipinski definition) is 1. The Morgan fingerprint density at radius 3 is 1.75 bits per heavy atom. The Morgan fingerprint density at radius 2 is 1.75 bits per heavy atom. The number of aliphatic carboxylic acids is 1. The van der Waals surface area contributed by atoms with E-state index in [1.54, 1.807) is 0 Å². The smallest absolute Gasteiger partial charge is 1.00 e. The molecule has 0 aliphatic heterocycles. The van der Waals surface area contributed by atoms with Crippen molar-refractivity contribution in [3.8, 4) is 0 Å². The zero-order valence-corrected chi connectivity index (χ0v) is 8.76. The molecular weight excluding hydrogens is 151 g/mol. The average Bonchev–Trinajstić information content (AvgIpc) is 1.38. The zero-order valence-electron chi connectivity index (χ0n) is 7.55. The molecule has 8 heavy (non-hydrogen) atoms. The van der Waals surface area contributed by atoms with Crippen LogP contribution in [0, 0.1) is 0 Å². The van der Waals surface area contributed by atoms with Gasteiger partial charge in [0, 0.05) is 0 Å². The first kappa shape index (κ1) is 22.8. The van der Waals surface area contributed by atoms with Gasteiger partial charge in [-0.1, -0.05) is 0 Å². The van der Waals surface area contributed by atoms with Crippen molar-refractivity contribution in [2.75, 3.05) is 0 Å². The molecule has 0 amide bonds. The van der Waals surface area contributed by atoms with Crippen LogP contribution in [0.5, 0.6) is 0 Å². The van der Waals surface area contributed by atoms with Gasteiger partial charge in [-0.3, -0.25) is 4.79 Å². The third-order valence-electron chi connectivity index (χ3n) is 0.101. The van der Waals surface area contributed by atoms with E-state index in [-0.39, 0.29) is 83.3 Å². The van der Waals surface area contributed by atoms with Crippen LogP contribution in [0.4, 0.5) is 0 Å². The summed E-state index contributed by atoms with van der Waals surface area (Å²) in [5.74, 6) is -1.43. The van der Waals surface area contributed by atoms with E-state index in [1.807, 2.05) is 0 Å². The summed E-state index contributed by atoms with van der Waals surface area (Å²) in [5, 5.41) is 7.35. The van der Waals surface area contributed by atoms with Crippen molar-refractivity contribution in [2.24, 2.45) is 0 Å². The van der Waals surface area contributed by atoms with E-state index in [0.29, 0.717) is 0 Å². The molecule has 0 aliphatic carbocycles. The van der Waals surface area contributed by atoms with Gasteiger partial charge in [-0.25, -0.2) is 4.79 Å². The van der Waals surface area contributed by atoms with E-state index in [9.17, 15) is 0 Å². The Bertz CT molecular complexity index is 74.4. The van der Waals surface area contributed by atoms with Crippen LogP contribution in [0.2, 0.25) is 0 Å². The fourth-order valence-corrected chi connectivity index (χ4v) is 0. The van der Waals surface area contributed by atoms with E-state index in [4.69, 9.17) is 14.7 Å². The maximum atomic E-state index is 9.00. The van der Waals surface area contributed by atoms with Crippen molar-refractivity contribution >= 4 is 50.0 Å². The Morgan fingerprint density at radius 1 is 1.62 bits per heavy atom. The number of carbonyl (C=O) groups excluding carboxylic acids is 1. The summed E-state index contributed by atoms with van der Waals surface area (Å²) >= 11 is 0. The van der Waals surface area contributed by atoms with Gasteiger partial charge in [0.1, 0.15) is 0 Å². The van der Waals surface area contributed by atoms with Crippen LogP contribution in [0.3, 0.4) is 0 Å². The monoisotopic (exact) mass is 158 g/mol. The third-order valence-corrected chi connectivity index (χ3v) is 0.101. The van der Waals surface area contributed by atoms with Crippen LogP contribution in [0.1, 0.15) is 4.28 Å². The maximum absolute atomic E-state index is 9.00. The van der Waals surface area contributed by atoms with Crippen LogP contribution in [-0.2, 0) is 9.59 Å². The molecule has 0 aromatic carbocycles. The molecule has 0 saturated carbocycles. The van der Waals surface area contributed by atoms with Crippen LogP contribution < -0.4 is 29.6 Å². The van der Waals surface area contributed by atoms with Gasteiger partial charge in [0.2, 0.25) is 6.29 Å². The molecule has 0 rings (SSSR count). The van der Waals surface area contributed by atoms with Crippen molar-refractivity contribution in [3.63, 3.8) is 0 Å². The quantitative estimate of drug-likeness (QED) is 0.237. The van der Waals surface area contributed by atoms with Crippen molar-refractivity contribution in [1.82, 2.24) is 0 Å². The first-order valence-electron chi connectivity index (χ1n) is 0.952. The Hall–Kier alpha value is 1.36. The topological polar surface area (TPSA) is 85.9 Å². The Kier molecular flexibility index (Phi) is 44.9. The van der Waals surface area contributed by atoms with Gasteiger partial charge in [0.25, 0.3) is 0 Å². The van der Waals surface area contributed by atoms with Crippen LogP contribution in [0.25, 0.3) is 0 Å². The van der Waals surface area contributed by atoms with Crippen molar-refractivity contribution in [2.45, 2.75) is 0 Å². The molecule has 0 bridgehead atoms. The number of carboxylic acid groups (broad SMARTS) is 1. The molecule has 0 heterocycles. The maximum Gasteiger partial charge on any atom is 2.00 e. The number of rotatable bonds is 1. The van der Waals surface area contributed by atoms with Crippen LogP contribution >= 0.6 is 0 Å². The van der Waals surface area contributed by atoms with E-state index in [0.717, 1.165) is 0 Å². The van der Waals surface area contributed by atoms with Gasteiger partial charge in [-0.2, -0.15) is 0 Å². The molecule has 0 aromatic rings. The molecule has 0 atom stereocenters. The minimum absolute atomic E-state index is 0. The van der Waals surface area contributed by atoms with Crippen molar-refractivity contribution in [1.29, 1.82) is 0 Å².